The van der Waals surface area contributed by atoms with Gasteiger partial charge in [0.1, 0.15) is 5.82 Å². The van der Waals surface area contributed by atoms with E-state index in [0.29, 0.717) is 0 Å². The lowest BCUT2D eigenvalue weighted by Gasteiger charge is -2.10. The van der Waals surface area contributed by atoms with Crippen LogP contribution in [-0.2, 0) is 6.42 Å². The summed E-state index contributed by atoms with van der Waals surface area (Å²) in [6.07, 6.45) is 3.05. The van der Waals surface area contributed by atoms with Crippen LogP contribution in [0.25, 0.3) is 16.4 Å². The summed E-state index contributed by atoms with van der Waals surface area (Å²) in [5.41, 5.74) is 5.29. The minimum absolute atomic E-state index is 1.05. The highest BCUT2D eigenvalue weighted by Gasteiger charge is 2.15. The largest absolute Gasteiger partial charge is 0.309 e. The zero-order chi connectivity index (χ0) is 14.3. The average molecular weight is 267 g/mol. The molecular weight excluding hydrogens is 246 g/mol. The molecule has 0 saturated carbocycles. The van der Waals surface area contributed by atoms with Gasteiger partial charge in [-0.25, -0.2) is 4.98 Å². The van der Waals surface area contributed by atoms with E-state index in [1.165, 1.54) is 27.5 Å². The molecule has 0 amide bonds. The fourth-order valence-electron chi connectivity index (χ4n) is 2.95. The van der Waals surface area contributed by atoms with Crippen molar-refractivity contribution < 1.29 is 0 Å². The van der Waals surface area contributed by atoms with Crippen LogP contribution in [0, 0.1) is 13.8 Å². The first-order chi connectivity index (χ1) is 9.59. The van der Waals surface area contributed by atoms with Crippen LogP contribution in [0.1, 0.15) is 17.0 Å². The Morgan fingerprint density at radius 3 is 2.65 bits per heavy atom. The Morgan fingerprint density at radius 2 is 1.90 bits per heavy atom. The smallest absolute Gasteiger partial charge is 0.110 e. The molecule has 0 unspecified atom stereocenters. The van der Waals surface area contributed by atoms with Crippen LogP contribution in [-0.4, -0.2) is 34.9 Å². The van der Waals surface area contributed by atoms with Crippen molar-refractivity contribution in [2.45, 2.75) is 20.3 Å². The predicted octanol–water partition coefficient (Wildman–Crippen LogP) is 3.21. The lowest BCUT2D eigenvalue weighted by molar-refractivity contribution is 0.414. The van der Waals surface area contributed by atoms with E-state index in [2.05, 4.69) is 66.5 Å². The molecule has 0 aliphatic heterocycles. The van der Waals surface area contributed by atoms with Crippen molar-refractivity contribution in [2.75, 3.05) is 20.6 Å². The summed E-state index contributed by atoms with van der Waals surface area (Å²) in [6, 6.07) is 8.65. The molecule has 3 rings (SSSR count). The average Bonchev–Trinajstić information content (AvgIpc) is 2.76. The molecule has 0 fully saturated rings. The molecule has 0 radical (unpaired) electrons. The first-order valence-corrected chi connectivity index (χ1v) is 7.08. The van der Waals surface area contributed by atoms with Crippen LogP contribution >= 0.6 is 0 Å². The second-order valence-corrected chi connectivity index (χ2v) is 5.72. The second kappa shape index (κ2) is 4.91. The van der Waals surface area contributed by atoms with Gasteiger partial charge in [0.2, 0.25) is 0 Å². The molecule has 0 atom stereocenters. The van der Waals surface area contributed by atoms with Gasteiger partial charge in [-0.1, -0.05) is 18.2 Å². The lowest BCUT2D eigenvalue weighted by Crippen LogP contribution is -2.15. The third-order valence-corrected chi connectivity index (χ3v) is 3.93. The van der Waals surface area contributed by atoms with E-state index >= 15 is 0 Å². The normalized spacial score (nSPS) is 11.8. The van der Waals surface area contributed by atoms with E-state index in [9.17, 15) is 0 Å². The number of benzene rings is 1. The maximum absolute atomic E-state index is 4.52. The van der Waals surface area contributed by atoms with Gasteiger partial charge in [-0.3, -0.25) is 4.40 Å². The van der Waals surface area contributed by atoms with Crippen molar-refractivity contribution in [2.24, 2.45) is 0 Å². The van der Waals surface area contributed by atoms with Crippen LogP contribution in [0.15, 0.2) is 30.5 Å². The number of fused-ring (bicyclic) bond motifs is 3. The van der Waals surface area contributed by atoms with Gasteiger partial charge in [-0.15, -0.1) is 0 Å². The number of nitrogens with zero attached hydrogens (tertiary/aromatic N) is 3. The minimum atomic E-state index is 1.05. The summed E-state index contributed by atoms with van der Waals surface area (Å²) in [4.78, 5) is 6.76. The van der Waals surface area contributed by atoms with Gasteiger partial charge in [0.05, 0.1) is 11.0 Å². The third kappa shape index (κ3) is 1.98. The Hall–Kier alpha value is -1.87. The number of para-hydroxylation sites is 1. The van der Waals surface area contributed by atoms with E-state index in [-0.39, 0.29) is 0 Å². The zero-order valence-electron chi connectivity index (χ0n) is 12.6. The first-order valence-electron chi connectivity index (χ1n) is 7.08. The number of likely N-dealkylation sites (N-methyl/N-ethyl adjacent to an activating group) is 1. The molecule has 2 heterocycles. The van der Waals surface area contributed by atoms with Crippen molar-refractivity contribution in [3.63, 3.8) is 0 Å². The van der Waals surface area contributed by atoms with Gasteiger partial charge in [-0.2, -0.15) is 0 Å². The number of aromatic nitrogens is 2. The highest BCUT2D eigenvalue weighted by Crippen LogP contribution is 2.29. The number of aryl methyl sites for hydroxylation is 2. The molecule has 3 nitrogen and oxygen atoms in total. The van der Waals surface area contributed by atoms with Crippen molar-refractivity contribution in [3.05, 3.63) is 47.4 Å². The monoisotopic (exact) mass is 267 g/mol. The fraction of sp³-hybridized carbons (Fsp3) is 0.353. The van der Waals surface area contributed by atoms with E-state index < -0.39 is 0 Å². The molecule has 0 aliphatic carbocycles. The van der Waals surface area contributed by atoms with E-state index in [4.69, 9.17) is 0 Å². The Bertz CT molecular complexity index is 769. The van der Waals surface area contributed by atoms with Gasteiger partial charge in [0, 0.05) is 18.1 Å². The molecule has 0 bridgehead atoms. The predicted molar refractivity (Wildman–Crippen MR) is 84.4 cm³/mol. The van der Waals surface area contributed by atoms with Gasteiger partial charge in [0.25, 0.3) is 0 Å². The van der Waals surface area contributed by atoms with Gasteiger partial charge >= 0.3 is 0 Å². The molecular formula is C17H21N3. The van der Waals surface area contributed by atoms with Crippen LogP contribution in [0.4, 0.5) is 0 Å². The minimum Gasteiger partial charge on any atom is -0.309 e. The number of hydrogen-bond donors (Lipinski definition) is 0. The van der Waals surface area contributed by atoms with Gasteiger partial charge in [0.15, 0.2) is 0 Å². The summed E-state index contributed by atoms with van der Waals surface area (Å²) < 4.78 is 2.30. The molecule has 0 saturated heterocycles. The topological polar surface area (TPSA) is 20.5 Å². The van der Waals surface area contributed by atoms with E-state index in [1.807, 2.05) is 6.20 Å². The zero-order valence-corrected chi connectivity index (χ0v) is 12.6. The standard InChI is InChI=1S/C17H21N3/c1-12-11-18-13(2)20-16-8-6-5-7-14(16)15(17(12)20)9-10-19(3)4/h5-8,11H,9-10H2,1-4H3. The van der Waals surface area contributed by atoms with Crippen LogP contribution in [0.2, 0.25) is 0 Å². The summed E-state index contributed by atoms with van der Waals surface area (Å²) >= 11 is 0. The highest BCUT2D eigenvalue weighted by atomic mass is 15.0. The molecule has 0 spiro atoms. The van der Waals surface area contributed by atoms with Crippen LogP contribution in [0.3, 0.4) is 0 Å². The number of hydrogen-bond acceptors (Lipinski definition) is 2. The van der Waals surface area contributed by atoms with Crippen molar-refractivity contribution >= 4 is 16.4 Å². The molecule has 3 aromatic rings. The van der Waals surface area contributed by atoms with Crippen LogP contribution < -0.4 is 0 Å². The maximum Gasteiger partial charge on any atom is 0.110 e. The van der Waals surface area contributed by atoms with E-state index in [1.54, 1.807) is 0 Å². The fourth-order valence-corrected chi connectivity index (χ4v) is 2.95. The molecule has 2 aromatic heterocycles. The Balaban J connectivity index is 2.36. The molecule has 104 valence electrons. The SMILES string of the molecule is Cc1cnc(C)n2c1c(CCN(C)C)c1ccccc12. The molecule has 0 N–H and O–H groups in total. The Kier molecular flexibility index (Phi) is 3.22. The summed E-state index contributed by atoms with van der Waals surface area (Å²) in [5, 5.41) is 1.36. The Labute approximate surface area is 119 Å². The maximum atomic E-state index is 4.52. The van der Waals surface area contributed by atoms with Crippen molar-refractivity contribution in [1.29, 1.82) is 0 Å². The molecule has 3 heteroatoms. The Morgan fingerprint density at radius 1 is 1.15 bits per heavy atom. The van der Waals surface area contributed by atoms with Gasteiger partial charge in [-0.05, 0) is 51.6 Å². The number of rotatable bonds is 3. The quantitative estimate of drug-likeness (QED) is 0.726. The van der Waals surface area contributed by atoms with Crippen molar-refractivity contribution in [1.82, 2.24) is 14.3 Å². The molecule has 0 aliphatic rings. The summed E-state index contributed by atoms with van der Waals surface area (Å²) in [7, 11) is 4.25. The second-order valence-electron chi connectivity index (χ2n) is 5.72. The van der Waals surface area contributed by atoms with E-state index in [0.717, 1.165) is 18.8 Å². The molecule has 1 aromatic carbocycles. The lowest BCUT2D eigenvalue weighted by atomic mass is 10.1. The highest BCUT2D eigenvalue weighted by molar-refractivity contribution is 5.93. The van der Waals surface area contributed by atoms with Crippen molar-refractivity contribution in [3.8, 4) is 0 Å². The van der Waals surface area contributed by atoms with Gasteiger partial charge < -0.3 is 4.90 Å². The van der Waals surface area contributed by atoms with Crippen LogP contribution in [0.5, 0.6) is 0 Å². The molecule has 20 heavy (non-hydrogen) atoms. The summed E-state index contributed by atoms with van der Waals surface area (Å²) in [6.45, 7) is 5.29. The first kappa shape index (κ1) is 13.1. The summed E-state index contributed by atoms with van der Waals surface area (Å²) in [5.74, 6) is 1.05. The third-order valence-electron chi connectivity index (χ3n) is 3.93.